The molecule has 8 atom stereocenters. The maximum atomic E-state index is 17.8. The van der Waals surface area contributed by atoms with Crippen LogP contribution in [0.5, 0.6) is 0 Å². The maximum absolute atomic E-state index is 17.8. The van der Waals surface area contributed by atoms with Crippen LogP contribution >= 0.6 is 0 Å². The van der Waals surface area contributed by atoms with Gasteiger partial charge in [-0.2, -0.15) is 5.10 Å². The molecule has 5 N–H and O–H groups in total. The van der Waals surface area contributed by atoms with Crippen LogP contribution in [0.4, 0.5) is 4.39 Å². The lowest BCUT2D eigenvalue weighted by atomic mass is 9.44. The molecule has 3 saturated carbocycles. The Labute approximate surface area is 254 Å². The number of rotatable bonds is 4. The van der Waals surface area contributed by atoms with Crippen LogP contribution < -0.4 is 5.73 Å². The Bertz CT molecular complexity index is 1620. The minimum atomic E-state index is -2.01. The number of aromatic nitrogens is 2. The Balaban J connectivity index is 1.22. The highest BCUT2D eigenvalue weighted by molar-refractivity contribution is 5.98. The summed E-state index contributed by atoms with van der Waals surface area (Å²) in [6, 6.07) is 6.43. The maximum Gasteiger partial charge on any atom is 0.336 e. The molecule has 4 aliphatic carbocycles. The number of carboxylic acids is 1. The topological polar surface area (TPSA) is 159 Å². The van der Waals surface area contributed by atoms with Crippen LogP contribution in [0.25, 0.3) is 11.8 Å². The van der Waals surface area contributed by atoms with E-state index in [9.17, 15) is 29.7 Å². The van der Waals surface area contributed by atoms with Crippen LogP contribution in [0.3, 0.4) is 0 Å². The number of aliphatic hydroxyl groups is 2. The van der Waals surface area contributed by atoms with Crippen LogP contribution in [0, 0.1) is 22.7 Å². The van der Waals surface area contributed by atoms with Crippen molar-refractivity contribution < 1.29 is 34.1 Å². The molecule has 2 heterocycles. The van der Waals surface area contributed by atoms with E-state index in [0.717, 1.165) is 16.8 Å². The van der Waals surface area contributed by atoms with E-state index in [1.807, 2.05) is 19.1 Å². The number of benzene rings is 1. The predicted octanol–water partition coefficient (Wildman–Crippen LogP) is 3.02. The predicted molar refractivity (Wildman–Crippen MR) is 157 cm³/mol. The van der Waals surface area contributed by atoms with Crippen LogP contribution in [0.1, 0.15) is 80.4 Å². The lowest BCUT2D eigenvalue weighted by Gasteiger charge is -2.63. The molecule has 234 valence electrons. The number of fused-ring (bicyclic) bond motifs is 6. The van der Waals surface area contributed by atoms with Crippen LogP contribution in [-0.2, 0) is 16.0 Å². The summed E-state index contributed by atoms with van der Waals surface area (Å²) in [4.78, 5) is 38.9. The molecule has 5 aliphatic rings. The summed E-state index contributed by atoms with van der Waals surface area (Å²) in [6.07, 6.45) is 5.11. The van der Waals surface area contributed by atoms with Gasteiger partial charge in [-0.15, -0.1) is 0 Å². The van der Waals surface area contributed by atoms with Crippen molar-refractivity contribution in [1.82, 2.24) is 14.7 Å². The van der Waals surface area contributed by atoms with Crippen molar-refractivity contribution >= 4 is 23.9 Å². The second kappa shape index (κ2) is 9.47. The van der Waals surface area contributed by atoms with Gasteiger partial charge in [-0.25, -0.2) is 13.9 Å². The van der Waals surface area contributed by atoms with Crippen molar-refractivity contribution in [3.63, 3.8) is 0 Å². The third-order valence-electron chi connectivity index (χ3n) is 12.3. The molecule has 0 bridgehead atoms. The van der Waals surface area contributed by atoms with E-state index in [-0.39, 0.29) is 24.7 Å². The second-order valence-electron chi connectivity index (χ2n) is 14.1. The molecule has 0 spiro atoms. The van der Waals surface area contributed by atoms with E-state index in [1.54, 1.807) is 36.0 Å². The van der Waals surface area contributed by atoms with Crippen molar-refractivity contribution in [2.45, 2.75) is 88.6 Å². The number of amides is 2. The summed E-state index contributed by atoms with van der Waals surface area (Å²) in [5.41, 5.74) is 2.90. The summed E-state index contributed by atoms with van der Waals surface area (Å²) >= 11 is 0. The molecule has 2 aromatic rings. The van der Waals surface area contributed by atoms with Crippen LogP contribution in [0.2, 0.25) is 0 Å². The summed E-state index contributed by atoms with van der Waals surface area (Å²) < 4.78 is 19.5. The molecule has 44 heavy (non-hydrogen) atoms. The number of alkyl halides is 1. The first kappa shape index (κ1) is 29.2. The fourth-order valence-corrected chi connectivity index (χ4v) is 9.86. The fraction of sp³-hybridized carbons (Fsp3) is 0.576. The smallest absolute Gasteiger partial charge is 0.336 e. The highest BCUT2D eigenvalue weighted by atomic mass is 19.1. The number of halogens is 1. The van der Waals surface area contributed by atoms with E-state index in [2.05, 4.69) is 5.10 Å². The van der Waals surface area contributed by atoms with Gasteiger partial charge < -0.3 is 26.0 Å². The van der Waals surface area contributed by atoms with Crippen LogP contribution in [0.15, 0.2) is 36.0 Å². The van der Waals surface area contributed by atoms with E-state index in [0.29, 0.717) is 56.3 Å². The molecular formula is C33H39FN4O6. The van der Waals surface area contributed by atoms with Gasteiger partial charge in [0.25, 0.3) is 5.91 Å². The number of nitrogens with two attached hydrogens (primary N) is 1. The van der Waals surface area contributed by atoms with Crippen molar-refractivity contribution in [1.29, 1.82) is 0 Å². The van der Waals surface area contributed by atoms with Gasteiger partial charge in [0.05, 0.1) is 23.7 Å². The minimum absolute atomic E-state index is 0.0433. The van der Waals surface area contributed by atoms with Gasteiger partial charge in [-0.3, -0.25) is 9.59 Å². The second-order valence-corrected chi connectivity index (χ2v) is 14.1. The minimum Gasteiger partial charge on any atom is -0.479 e. The Morgan fingerprint density at radius 2 is 1.91 bits per heavy atom. The standard InChI is InChI=1S/C33H39FN4O6/c1-30-15-19-17-36-38(21-6-3-5-18(13-21)28(41)37-12-4-7-24(37)27(35)40)25(19)14-20(30)8-9-23-22-10-11-32(44,29(42)43)31(22,2)16-26(39)33(23,30)34/h3,5-6,13-14,17,22-24,26,39,44H,4,7-12,15-16H2,1-2H3,(H2,35,40)(H,42,43). The van der Waals surface area contributed by atoms with Gasteiger partial charge >= 0.3 is 5.97 Å². The van der Waals surface area contributed by atoms with E-state index in [4.69, 9.17) is 5.73 Å². The SMILES string of the molecule is CC12Cc3cnn(-c4cccc(C(=O)N5CCCC5C(N)=O)c4)c3C=C1CCC1C3CCC(O)(C(=O)O)C3(C)CC(O)C12F. The molecule has 7 rings (SSSR count). The molecule has 10 nitrogen and oxygen atoms in total. The number of primary amides is 1. The van der Waals surface area contributed by atoms with E-state index in [1.165, 1.54) is 4.90 Å². The van der Waals surface area contributed by atoms with Gasteiger partial charge in [0, 0.05) is 28.9 Å². The molecule has 11 heteroatoms. The lowest BCUT2D eigenvalue weighted by molar-refractivity contribution is -0.229. The number of nitrogens with zero attached hydrogens (tertiary/aromatic N) is 3. The number of allylic oxidation sites excluding steroid dienone is 1. The number of carbonyl (C=O) groups is 3. The van der Waals surface area contributed by atoms with Gasteiger partial charge in [0.1, 0.15) is 11.7 Å². The molecule has 1 aromatic heterocycles. The number of hydrogen-bond acceptors (Lipinski definition) is 6. The fourth-order valence-electron chi connectivity index (χ4n) is 9.86. The van der Waals surface area contributed by atoms with Gasteiger partial charge in [-0.05, 0) is 87.1 Å². The largest absolute Gasteiger partial charge is 0.479 e. The Hall–Kier alpha value is -3.57. The zero-order valence-electron chi connectivity index (χ0n) is 25.0. The van der Waals surface area contributed by atoms with E-state index < -0.39 is 52.0 Å². The Morgan fingerprint density at radius 3 is 2.64 bits per heavy atom. The van der Waals surface area contributed by atoms with Crippen molar-refractivity contribution in [2.24, 2.45) is 28.4 Å². The summed E-state index contributed by atoms with van der Waals surface area (Å²) in [5.74, 6) is -3.05. The number of carbonyl (C=O) groups excluding carboxylic acids is 2. The molecule has 1 aromatic carbocycles. The summed E-state index contributed by atoms with van der Waals surface area (Å²) in [5, 5.41) is 37.3. The first-order chi connectivity index (χ1) is 20.8. The average molecular weight is 607 g/mol. The Morgan fingerprint density at radius 1 is 1.14 bits per heavy atom. The van der Waals surface area contributed by atoms with E-state index >= 15 is 4.39 Å². The lowest BCUT2D eigenvalue weighted by Crippen LogP contribution is -2.69. The molecule has 8 unspecified atom stereocenters. The molecule has 4 fully saturated rings. The average Bonchev–Trinajstić information content (AvgIpc) is 3.69. The van der Waals surface area contributed by atoms with Gasteiger partial charge in [-0.1, -0.05) is 25.5 Å². The molecular weight excluding hydrogens is 567 g/mol. The number of likely N-dealkylation sites (tertiary alicyclic amines) is 1. The third kappa shape index (κ3) is 3.59. The number of hydrogen-bond donors (Lipinski definition) is 4. The highest BCUT2D eigenvalue weighted by Gasteiger charge is 2.74. The molecule has 1 aliphatic heterocycles. The first-order valence-corrected chi connectivity index (χ1v) is 15.6. The molecule has 1 saturated heterocycles. The van der Waals surface area contributed by atoms with Gasteiger partial charge in [0.2, 0.25) is 5.91 Å². The number of carboxylic acid groups (broad SMARTS) is 1. The monoisotopic (exact) mass is 606 g/mol. The van der Waals surface area contributed by atoms with Crippen molar-refractivity contribution in [3.05, 3.63) is 52.9 Å². The van der Waals surface area contributed by atoms with Crippen LogP contribution in [-0.4, -0.2) is 77.7 Å². The first-order valence-electron chi connectivity index (χ1n) is 15.6. The molecule has 2 amide bonds. The third-order valence-corrected chi connectivity index (χ3v) is 12.3. The van der Waals surface area contributed by atoms with Crippen molar-refractivity contribution in [3.8, 4) is 5.69 Å². The van der Waals surface area contributed by atoms with Gasteiger partial charge in [0.15, 0.2) is 5.60 Å². The number of aliphatic hydroxyl groups excluding tert-OH is 1. The zero-order valence-corrected chi connectivity index (χ0v) is 25.0. The normalized spacial score (nSPS) is 39.1. The quantitative estimate of drug-likeness (QED) is 0.416. The zero-order chi connectivity index (χ0) is 31.4. The summed E-state index contributed by atoms with van der Waals surface area (Å²) in [6.45, 7) is 4.03. The highest BCUT2D eigenvalue weighted by Crippen LogP contribution is 2.70. The molecule has 0 radical (unpaired) electrons. The van der Waals surface area contributed by atoms with Crippen molar-refractivity contribution in [2.75, 3.05) is 6.54 Å². The summed E-state index contributed by atoms with van der Waals surface area (Å²) in [7, 11) is 0. The Kier molecular flexibility index (Phi) is 6.27. The number of aliphatic carboxylic acids is 1.